The SMILES string of the molecule is CC(=O)N1CCN(C(=O)c2cc(C(=O)NC(C)C)ccn2)CC1. The van der Waals surface area contributed by atoms with E-state index in [2.05, 4.69) is 10.3 Å². The maximum atomic E-state index is 12.5. The third-order valence-corrected chi connectivity index (χ3v) is 3.67. The predicted octanol–water partition coefficient (Wildman–Crippen LogP) is 0.524. The number of aromatic nitrogens is 1. The average molecular weight is 318 g/mol. The second kappa shape index (κ2) is 7.21. The van der Waals surface area contributed by atoms with Gasteiger partial charge in [0.15, 0.2) is 0 Å². The Morgan fingerprint density at radius 1 is 1.13 bits per heavy atom. The van der Waals surface area contributed by atoms with Crippen molar-refractivity contribution in [2.24, 2.45) is 0 Å². The summed E-state index contributed by atoms with van der Waals surface area (Å²) >= 11 is 0. The van der Waals surface area contributed by atoms with Gasteiger partial charge in [-0.1, -0.05) is 0 Å². The fourth-order valence-corrected chi connectivity index (χ4v) is 2.42. The molecule has 0 unspecified atom stereocenters. The third kappa shape index (κ3) is 4.28. The Kier molecular flexibility index (Phi) is 5.31. The first-order valence-electron chi connectivity index (χ1n) is 7.70. The molecule has 0 radical (unpaired) electrons. The summed E-state index contributed by atoms with van der Waals surface area (Å²) in [5.41, 5.74) is 0.664. The molecule has 1 aromatic heterocycles. The van der Waals surface area contributed by atoms with E-state index in [1.54, 1.807) is 15.9 Å². The molecule has 7 heteroatoms. The van der Waals surface area contributed by atoms with Crippen LogP contribution in [0.2, 0.25) is 0 Å². The van der Waals surface area contributed by atoms with Crippen molar-refractivity contribution in [1.29, 1.82) is 0 Å². The van der Waals surface area contributed by atoms with Gasteiger partial charge in [-0.2, -0.15) is 0 Å². The molecule has 23 heavy (non-hydrogen) atoms. The molecule has 2 rings (SSSR count). The highest BCUT2D eigenvalue weighted by atomic mass is 16.2. The van der Waals surface area contributed by atoms with Crippen LogP contribution in [0.25, 0.3) is 0 Å². The lowest BCUT2D eigenvalue weighted by Gasteiger charge is -2.34. The molecule has 0 atom stereocenters. The summed E-state index contributed by atoms with van der Waals surface area (Å²) in [5.74, 6) is -0.423. The lowest BCUT2D eigenvalue weighted by molar-refractivity contribution is -0.130. The number of piperazine rings is 1. The van der Waals surface area contributed by atoms with Gasteiger partial charge in [-0.3, -0.25) is 19.4 Å². The van der Waals surface area contributed by atoms with Gasteiger partial charge in [-0.15, -0.1) is 0 Å². The van der Waals surface area contributed by atoms with Crippen molar-refractivity contribution >= 4 is 17.7 Å². The minimum absolute atomic E-state index is 0.0163. The zero-order chi connectivity index (χ0) is 17.0. The first-order chi connectivity index (χ1) is 10.9. The van der Waals surface area contributed by atoms with E-state index in [1.807, 2.05) is 13.8 Å². The number of nitrogens with zero attached hydrogens (tertiary/aromatic N) is 3. The van der Waals surface area contributed by atoms with Crippen LogP contribution in [0.1, 0.15) is 41.6 Å². The Bertz CT molecular complexity index is 607. The van der Waals surface area contributed by atoms with Crippen LogP contribution < -0.4 is 5.32 Å². The predicted molar refractivity (Wildman–Crippen MR) is 85.0 cm³/mol. The Morgan fingerprint density at radius 2 is 1.74 bits per heavy atom. The molecular weight excluding hydrogens is 296 g/mol. The van der Waals surface area contributed by atoms with Gasteiger partial charge < -0.3 is 15.1 Å². The molecule has 3 amide bonds. The molecule has 1 aromatic rings. The first-order valence-corrected chi connectivity index (χ1v) is 7.70. The van der Waals surface area contributed by atoms with Crippen LogP contribution in [0.3, 0.4) is 0 Å². The van der Waals surface area contributed by atoms with Gasteiger partial charge in [0.2, 0.25) is 5.91 Å². The summed E-state index contributed by atoms with van der Waals surface area (Å²) in [6.07, 6.45) is 1.47. The van der Waals surface area contributed by atoms with E-state index in [-0.39, 0.29) is 29.5 Å². The number of amides is 3. The van der Waals surface area contributed by atoms with Gasteiger partial charge in [-0.25, -0.2) is 0 Å². The van der Waals surface area contributed by atoms with E-state index in [1.165, 1.54) is 19.2 Å². The summed E-state index contributed by atoms with van der Waals surface area (Å²) < 4.78 is 0. The van der Waals surface area contributed by atoms with Crippen molar-refractivity contribution in [3.63, 3.8) is 0 Å². The summed E-state index contributed by atoms with van der Waals surface area (Å²) in [7, 11) is 0. The minimum Gasteiger partial charge on any atom is -0.350 e. The first kappa shape index (κ1) is 16.9. The van der Waals surface area contributed by atoms with Crippen molar-refractivity contribution in [3.8, 4) is 0 Å². The highest BCUT2D eigenvalue weighted by Gasteiger charge is 2.24. The summed E-state index contributed by atoms with van der Waals surface area (Å²) in [6.45, 7) is 7.27. The van der Waals surface area contributed by atoms with Crippen LogP contribution in [-0.2, 0) is 4.79 Å². The lowest BCUT2D eigenvalue weighted by Crippen LogP contribution is -2.50. The lowest BCUT2D eigenvalue weighted by atomic mass is 10.2. The molecular formula is C16H22N4O3. The highest BCUT2D eigenvalue weighted by Crippen LogP contribution is 2.09. The Labute approximate surface area is 135 Å². The number of hydrogen-bond acceptors (Lipinski definition) is 4. The van der Waals surface area contributed by atoms with Crippen LogP contribution in [0.4, 0.5) is 0 Å². The molecule has 7 nitrogen and oxygen atoms in total. The van der Waals surface area contributed by atoms with Crippen LogP contribution >= 0.6 is 0 Å². The normalized spacial score (nSPS) is 14.8. The number of carbonyl (C=O) groups excluding carboxylic acids is 3. The van der Waals surface area contributed by atoms with E-state index in [4.69, 9.17) is 0 Å². The second-order valence-electron chi connectivity index (χ2n) is 5.86. The van der Waals surface area contributed by atoms with Crippen molar-refractivity contribution < 1.29 is 14.4 Å². The smallest absolute Gasteiger partial charge is 0.272 e. The molecule has 0 aliphatic carbocycles. The molecule has 0 aromatic carbocycles. The summed E-state index contributed by atoms with van der Waals surface area (Å²) in [5, 5.41) is 2.79. The molecule has 1 aliphatic rings. The van der Waals surface area contributed by atoms with E-state index in [0.717, 1.165) is 0 Å². The Morgan fingerprint density at radius 3 is 2.30 bits per heavy atom. The van der Waals surface area contributed by atoms with Gasteiger partial charge in [-0.05, 0) is 26.0 Å². The van der Waals surface area contributed by atoms with Crippen LogP contribution in [0.15, 0.2) is 18.3 Å². The molecule has 1 fully saturated rings. The topological polar surface area (TPSA) is 82.6 Å². The average Bonchev–Trinajstić information content (AvgIpc) is 2.53. The van der Waals surface area contributed by atoms with Gasteiger partial charge in [0.25, 0.3) is 11.8 Å². The number of nitrogens with one attached hydrogen (secondary N) is 1. The molecule has 1 saturated heterocycles. The largest absolute Gasteiger partial charge is 0.350 e. The van der Waals surface area contributed by atoms with E-state index in [9.17, 15) is 14.4 Å². The van der Waals surface area contributed by atoms with Gasteiger partial charge >= 0.3 is 0 Å². The monoisotopic (exact) mass is 318 g/mol. The number of pyridine rings is 1. The third-order valence-electron chi connectivity index (χ3n) is 3.67. The van der Waals surface area contributed by atoms with Crippen LogP contribution in [0.5, 0.6) is 0 Å². The summed E-state index contributed by atoms with van der Waals surface area (Å²) in [6, 6.07) is 3.12. The molecule has 124 valence electrons. The highest BCUT2D eigenvalue weighted by molar-refractivity contribution is 5.98. The molecule has 0 bridgehead atoms. The zero-order valence-electron chi connectivity index (χ0n) is 13.7. The van der Waals surface area contributed by atoms with E-state index < -0.39 is 0 Å². The quantitative estimate of drug-likeness (QED) is 0.881. The molecule has 0 saturated carbocycles. The van der Waals surface area contributed by atoms with E-state index >= 15 is 0 Å². The second-order valence-corrected chi connectivity index (χ2v) is 5.86. The zero-order valence-corrected chi connectivity index (χ0v) is 13.7. The fraction of sp³-hybridized carbons (Fsp3) is 0.500. The van der Waals surface area contributed by atoms with Gasteiger partial charge in [0.1, 0.15) is 5.69 Å². The Hall–Kier alpha value is -2.44. The van der Waals surface area contributed by atoms with Crippen molar-refractivity contribution in [3.05, 3.63) is 29.6 Å². The van der Waals surface area contributed by atoms with Crippen molar-refractivity contribution in [2.45, 2.75) is 26.8 Å². The molecule has 0 spiro atoms. The van der Waals surface area contributed by atoms with Crippen LogP contribution in [-0.4, -0.2) is 64.7 Å². The fourth-order valence-electron chi connectivity index (χ4n) is 2.42. The molecule has 1 N–H and O–H groups in total. The van der Waals surface area contributed by atoms with Gasteiger partial charge in [0, 0.05) is 50.9 Å². The van der Waals surface area contributed by atoms with Crippen molar-refractivity contribution in [2.75, 3.05) is 26.2 Å². The van der Waals surface area contributed by atoms with Gasteiger partial charge in [0.05, 0.1) is 0 Å². The number of carbonyl (C=O) groups is 3. The molecule has 1 aliphatic heterocycles. The standard InChI is InChI=1S/C16H22N4O3/c1-11(2)18-15(22)13-4-5-17-14(10-13)16(23)20-8-6-19(7-9-20)12(3)21/h4-5,10-11H,6-9H2,1-3H3,(H,18,22). The summed E-state index contributed by atoms with van der Waals surface area (Å²) in [4.78, 5) is 43.3. The minimum atomic E-state index is -0.224. The number of rotatable bonds is 3. The molecule has 2 heterocycles. The van der Waals surface area contributed by atoms with E-state index in [0.29, 0.717) is 31.7 Å². The Balaban J connectivity index is 2.06. The maximum Gasteiger partial charge on any atom is 0.272 e. The van der Waals surface area contributed by atoms with Crippen molar-refractivity contribution in [1.82, 2.24) is 20.1 Å². The van der Waals surface area contributed by atoms with Crippen LogP contribution in [0, 0.1) is 0 Å². The number of hydrogen-bond donors (Lipinski definition) is 1. The maximum absolute atomic E-state index is 12.5.